The third-order valence-corrected chi connectivity index (χ3v) is 8.49. The van der Waals surface area contributed by atoms with Crippen LogP contribution < -0.4 is 19.8 Å². The van der Waals surface area contributed by atoms with Crippen molar-refractivity contribution in [3.05, 3.63) is 103 Å². The molecule has 3 aromatic rings. The van der Waals surface area contributed by atoms with Gasteiger partial charge in [-0.15, -0.1) is 0 Å². The molecule has 0 bridgehead atoms. The normalized spacial score (nSPS) is 17.6. The minimum atomic E-state index is -0.721. The topological polar surface area (TPSA) is 81.0 Å². The molecule has 0 N–H and O–H groups in total. The maximum absolute atomic E-state index is 14.2. The van der Waals surface area contributed by atoms with Gasteiger partial charge in [-0.3, -0.25) is 14.2 Å². The van der Waals surface area contributed by atoms with Crippen LogP contribution in [0.15, 0.2) is 81.7 Å². The quantitative estimate of drug-likeness (QED) is 0.250. The van der Waals surface area contributed by atoms with Crippen LogP contribution in [0, 0.1) is 0 Å². The van der Waals surface area contributed by atoms with Crippen LogP contribution in [-0.2, 0) is 14.3 Å². The minimum Gasteiger partial charge on any atom is -0.463 e. The van der Waals surface area contributed by atoms with Crippen molar-refractivity contribution in [1.29, 1.82) is 0 Å². The van der Waals surface area contributed by atoms with Gasteiger partial charge < -0.3 is 9.64 Å². The third-order valence-electron chi connectivity index (χ3n) is 7.44. The fraction of sp³-hybridized carbons (Fsp3) is 0.333. The maximum atomic E-state index is 14.2. The van der Waals surface area contributed by atoms with Crippen molar-refractivity contribution >= 4 is 40.5 Å². The Labute approximate surface area is 243 Å². The van der Waals surface area contributed by atoms with Crippen LogP contribution in [0.25, 0.3) is 11.6 Å². The lowest BCUT2D eigenvalue weighted by molar-refractivity contribution is -0.139. The summed E-state index contributed by atoms with van der Waals surface area (Å²) in [5.41, 5.74) is 3.40. The second-order valence-electron chi connectivity index (χ2n) is 10.2. The van der Waals surface area contributed by atoms with Crippen LogP contribution >= 0.6 is 11.3 Å². The molecule has 1 atom stereocenters. The fourth-order valence-corrected chi connectivity index (χ4v) is 6.57. The lowest BCUT2D eigenvalue weighted by atomic mass is 10.0. The Bertz CT molecular complexity index is 1700. The van der Waals surface area contributed by atoms with Gasteiger partial charge in [0.1, 0.15) is 4.53 Å². The molecule has 0 spiro atoms. The Morgan fingerprint density at radius 3 is 2.49 bits per heavy atom. The molecule has 2 aliphatic rings. The number of thiazole rings is 1. The number of hydrogen-bond acceptors (Lipinski definition) is 6. The third kappa shape index (κ3) is 5.61. The van der Waals surface area contributed by atoms with Crippen molar-refractivity contribution < 1.29 is 14.3 Å². The van der Waals surface area contributed by atoms with Crippen LogP contribution in [0.4, 0.5) is 5.69 Å². The summed E-state index contributed by atoms with van der Waals surface area (Å²) >= 11 is 1.20. The molecule has 8 heteroatoms. The number of fused-ring (bicyclic) bond motifs is 2. The minimum absolute atomic E-state index is 0.162. The summed E-state index contributed by atoms with van der Waals surface area (Å²) in [7, 11) is 0. The molecule has 0 fully saturated rings. The van der Waals surface area contributed by atoms with Gasteiger partial charge in [0, 0.05) is 12.1 Å². The number of carbonyl (C=O) groups is 2. The Balaban J connectivity index is 1.63. The molecule has 0 saturated carbocycles. The number of esters is 1. The first kappa shape index (κ1) is 28.5. The predicted octanol–water partition coefficient (Wildman–Crippen LogP) is 5.15. The average molecular weight is 570 g/mol. The number of rotatable bonds is 10. The molecule has 3 heterocycles. The highest BCUT2D eigenvalue weighted by Gasteiger charge is 2.36. The van der Waals surface area contributed by atoms with Gasteiger partial charge in [-0.2, -0.15) is 0 Å². The monoisotopic (exact) mass is 569 g/mol. The van der Waals surface area contributed by atoms with E-state index in [1.54, 1.807) is 18.7 Å². The number of benzene rings is 2. The fourth-order valence-electron chi connectivity index (χ4n) is 5.43. The number of amides is 1. The second-order valence-corrected chi connectivity index (χ2v) is 11.2. The molecule has 7 nitrogen and oxygen atoms in total. The van der Waals surface area contributed by atoms with Crippen LogP contribution in [0.2, 0.25) is 0 Å². The molecule has 212 valence electrons. The van der Waals surface area contributed by atoms with E-state index in [0.29, 0.717) is 32.7 Å². The van der Waals surface area contributed by atoms with E-state index in [9.17, 15) is 14.4 Å². The lowest BCUT2D eigenvalue weighted by Gasteiger charge is -2.21. The van der Waals surface area contributed by atoms with Crippen LogP contribution in [0.3, 0.4) is 0 Å². The molecule has 1 amide bonds. The molecular formula is C33H35N3O4S. The van der Waals surface area contributed by atoms with E-state index in [0.717, 1.165) is 42.5 Å². The zero-order valence-electron chi connectivity index (χ0n) is 23.8. The molecule has 0 aliphatic carbocycles. The number of carbonyl (C=O) groups excluding carboxylic acids is 2. The number of para-hydroxylation sites is 1. The molecule has 2 aliphatic heterocycles. The molecule has 0 unspecified atom stereocenters. The first-order chi connectivity index (χ1) is 20.0. The van der Waals surface area contributed by atoms with E-state index in [1.807, 2.05) is 66.7 Å². The number of nitrogens with zero attached hydrogens (tertiary/aromatic N) is 3. The van der Waals surface area contributed by atoms with Crippen LogP contribution in [-0.4, -0.2) is 29.6 Å². The van der Waals surface area contributed by atoms with E-state index in [4.69, 9.17) is 4.74 Å². The highest BCUT2D eigenvalue weighted by Crippen LogP contribution is 2.35. The number of aromatic nitrogens is 1. The van der Waals surface area contributed by atoms with Gasteiger partial charge in [0.2, 0.25) is 0 Å². The van der Waals surface area contributed by atoms with Crippen LogP contribution in [0.5, 0.6) is 0 Å². The van der Waals surface area contributed by atoms with Crippen molar-refractivity contribution in [2.75, 3.05) is 18.1 Å². The number of ether oxygens (including phenoxy) is 1. The summed E-state index contributed by atoms with van der Waals surface area (Å²) < 4.78 is 7.23. The largest absolute Gasteiger partial charge is 0.463 e. The molecule has 41 heavy (non-hydrogen) atoms. The van der Waals surface area contributed by atoms with E-state index in [1.165, 1.54) is 22.3 Å². The van der Waals surface area contributed by atoms with E-state index >= 15 is 0 Å². The summed E-state index contributed by atoms with van der Waals surface area (Å²) in [5.74, 6) is -0.671. The van der Waals surface area contributed by atoms with Gasteiger partial charge in [-0.25, -0.2) is 9.79 Å². The second kappa shape index (κ2) is 12.6. The highest BCUT2D eigenvalue weighted by atomic mass is 32.1. The smallest absolute Gasteiger partial charge is 0.338 e. The number of hydrogen-bond donors (Lipinski definition) is 0. The van der Waals surface area contributed by atoms with Crippen LogP contribution in [0.1, 0.15) is 70.0 Å². The Kier molecular flexibility index (Phi) is 8.78. The van der Waals surface area contributed by atoms with Crippen molar-refractivity contribution in [1.82, 2.24) is 4.57 Å². The molecular weight excluding hydrogens is 534 g/mol. The zero-order valence-corrected chi connectivity index (χ0v) is 24.6. The maximum Gasteiger partial charge on any atom is 0.338 e. The van der Waals surface area contributed by atoms with E-state index < -0.39 is 12.0 Å². The summed E-state index contributed by atoms with van der Waals surface area (Å²) in [6.07, 6.45) is 9.17. The van der Waals surface area contributed by atoms with Gasteiger partial charge in [-0.1, -0.05) is 105 Å². The number of anilines is 1. The Hall–Kier alpha value is -4.04. The summed E-state index contributed by atoms with van der Waals surface area (Å²) in [4.78, 5) is 48.0. The Morgan fingerprint density at radius 2 is 1.73 bits per heavy atom. The van der Waals surface area contributed by atoms with Gasteiger partial charge in [-0.05, 0) is 31.9 Å². The molecule has 0 saturated heterocycles. The van der Waals surface area contributed by atoms with Gasteiger partial charge in [0.15, 0.2) is 4.80 Å². The summed E-state index contributed by atoms with van der Waals surface area (Å²) in [5, 5.41) is 0. The van der Waals surface area contributed by atoms with E-state index in [-0.39, 0.29) is 18.1 Å². The van der Waals surface area contributed by atoms with Crippen molar-refractivity contribution in [3.8, 4) is 0 Å². The van der Waals surface area contributed by atoms with Crippen molar-refractivity contribution in [3.63, 3.8) is 0 Å². The SMILES string of the molecule is CCCCCCCN1C(=O)/C(=c2\sc3n(c2=O)[C@H](/C=C/c2ccccc2)C(C(=O)OCC)=C(C)N=3)c2ccccc21. The first-order valence-corrected chi connectivity index (χ1v) is 15.1. The number of allylic oxidation sites excluding steroid dienone is 2. The first-order valence-electron chi connectivity index (χ1n) is 14.3. The summed E-state index contributed by atoms with van der Waals surface area (Å²) in [6, 6.07) is 16.6. The number of unbranched alkanes of at least 4 members (excludes halogenated alkanes) is 4. The van der Waals surface area contributed by atoms with E-state index in [2.05, 4.69) is 11.9 Å². The lowest BCUT2D eigenvalue weighted by Crippen LogP contribution is -2.40. The van der Waals surface area contributed by atoms with Gasteiger partial charge >= 0.3 is 5.97 Å². The standard InChI is InChI=1S/C33H35N3O4S/c1-4-6-7-8-14-21-35-25-18-13-12-17-24(25)28(30(35)37)29-31(38)36-26(20-19-23-15-10-9-11-16-23)27(32(39)40-5-2)22(3)34-33(36)41-29/h9-13,15-20,26H,4-8,14,21H2,1-3H3/b20-19+,29-28-/t26-/m1/s1. The van der Waals surface area contributed by atoms with Gasteiger partial charge in [0.25, 0.3) is 11.5 Å². The zero-order chi connectivity index (χ0) is 28.9. The summed E-state index contributed by atoms with van der Waals surface area (Å²) in [6.45, 7) is 6.50. The average Bonchev–Trinajstić information content (AvgIpc) is 3.44. The highest BCUT2D eigenvalue weighted by molar-refractivity contribution is 7.07. The van der Waals surface area contributed by atoms with Crippen molar-refractivity contribution in [2.24, 2.45) is 4.99 Å². The molecule has 2 aromatic carbocycles. The predicted molar refractivity (Wildman–Crippen MR) is 163 cm³/mol. The molecule has 0 radical (unpaired) electrons. The molecule has 1 aromatic heterocycles. The van der Waals surface area contributed by atoms with Gasteiger partial charge in [0.05, 0.1) is 35.2 Å². The van der Waals surface area contributed by atoms with Crippen molar-refractivity contribution in [2.45, 2.75) is 58.9 Å². The Morgan fingerprint density at radius 1 is 1.00 bits per heavy atom. The molecule has 5 rings (SSSR count).